The Kier molecular flexibility index (Phi) is 14.2. The summed E-state index contributed by atoms with van der Waals surface area (Å²) >= 11 is 0. The summed E-state index contributed by atoms with van der Waals surface area (Å²) in [5.74, 6) is 1.92. The summed E-state index contributed by atoms with van der Waals surface area (Å²) in [6.07, 6.45) is 10.6. The number of aromatic nitrogens is 2. The van der Waals surface area contributed by atoms with Gasteiger partial charge in [0.1, 0.15) is 11.6 Å². The summed E-state index contributed by atoms with van der Waals surface area (Å²) < 4.78 is 14.1. The monoisotopic (exact) mass is 504 g/mol. The lowest BCUT2D eigenvalue weighted by atomic mass is 10.1. The van der Waals surface area contributed by atoms with E-state index in [0.29, 0.717) is 0 Å². The highest BCUT2D eigenvalue weighted by molar-refractivity contribution is 5.56. The van der Waals surface area contributed by atoms with E-state index in [2.05, 4.69) is 50.7 Å². The van der Waals surface area contributed by atoms with E-state index in [1.54, 1.807) is 0 Å². The van der Waals surface area contributed by atoms with Crippen molar-refractivity contribution in [2.24, 2.45) is 0 Å². The predicted molar refractivity (Wildman–Crippen MR) is 137 cm³/mol. The highest BCUT2D eigenvalue weighted by atomic mass is 16.5. The molecule has 10 nitrogen and oxygen atoms in total. The number of morpholine rings is 1. The number of likely N-dealkylation sites (N-methyl/N-ethyl adjacent to an activating group) is 1. The Morgan fingerprint density at radius 1 is 1.06 bits per heavy atom. The number of benzene rings is 1. The summed E-state index contributed by atoms with van der Waals surface area (Å²) in [5.41, 5.74) is 1.11. The van der Waals surface area contributed by atoms with Gasteiger partial charge in [0.05, 0.1) is 25.9 Å². The van der Waals surface area contributed by atoms with Crippen molar-refractivity contribution in [1.29, 1.82) is 0 Å². The third kappa shape index (κ3) is 10.8. The van der Waals surface area contributed by atoms with Crippen molar-refractivity contribution in [3.63, 3.8) is 0 Å². The molecule has 0 amide bonds. The lowest BCUT2D eigenvalue weighted by Gasteiger charge is -2.30. The Hall–Kier alpha value is -2.95. The third-order valence-corrected chi connectivity index (χ3v) is 6.16. The maximum absolute atomic E-state index is 8.36. The third-order valence-electron chi connectivity index (χ3n) is 6.16. The fraction of sp³-hybridized carbons (Fsp3) is 0.577. The molecule has 2 N–H and O–H groups in total. The molecule has 2 fully saturated rings. The van der Waals surface area contributed by atoms with Crippen molar-refractivity contribution in [3.8, 4) is 17.1 Å². The number of imidazole rings is 1. The van der Waals surface area contributed by atoms with Crippen LogP contribution >= 0.6 is 0 Å². The molecule has 200 valence electrons. The highest BCUT2D eigenvalue weighted by Crippen LogP contribution is 2.22. The van der Waals surface area contributed by atoms with Gasteiger partial charge in [-0.15, -0.1) is 0 Å². The molecule has 36 heavy (non-hydrogen) atoms. The van der Waals surface area contributed by atoms with Crippen LogP contribution in [0, 0.1) is 0 Å². The van der Waals surface area contributed by atoms with Crippen molar-refractivity contribution < 1.29 is 29.3 Å². The molecule has 3 heterocycles. The largest absolute Gasteiger partial charge is 0.494 e. The fourth-order valence-electron chi connectivity index (χ4n) is 4.42. The normalized spacial score (nSPS) is 18.2. The number of piperidine rings is 1. The van der Waals surface area contributed by atoms with Crippen LogP contribution in [-0.2, 0) is 20.9 Å². The van der Waals surface area contributed by atoms with Crippen LogP contribution in [0.4, 0.5) is 0 Å². The minimum absolute atomic E-state index is 0.212. The number of likely N-dealkylation sites (tertiary alicyclic amines) is 1. The average Bonchev–Trinajstić information content (AvgIpc) is 3.34. The first-order valence-corrected chi connectivity index (χ1v) is 12.5. The zero-order valence-corrected chi connectivity index (χ0v) is 21.2. The summed E-state index contributed by atoms with van der Waals surface area (Å²) in [5, 5.41) is 13.8. The molecule has 0 saturated carbocycles. The number of carboxylic acid groups (broad SMARTS) is 2. The van der Waals surface area contributed by atoms with Crippen molar-refractivity contribution in [2.45, 2.75) is 44.8 Å². The van der Waals surface area contributed by atoms with Gasteiger partial charge in [-0.3, -0.25) is 9.59 Å². The average molecular weight is 505 g/mol. The SMILES string of the molecule is CN1CCOC(Cn2ccnc2-c2ccc(OCCCCN3CCCCC3)cc2)C1.O=CO.O=CO. The maximum atomic E-state index is 8.36. The van der Waals surface area contributed by atoms with E-state index < -0.39 is 0 Å². The van der Waals surface area contributed by atoms with Crippen LogP contribution in [0.2, 0.25) is 0 Å². The van der Waals surface area contributed by atoms with Gasteiger partial charge >= 0.3 is 0 Å². The highest BCUT2D eigenvalue weighted by Gasteiger charge is 2.19. The summed E-state index contributed by atoms with van der Waals surface area (Å²) in [6, 6.07) is 8.33. The second kappa shape index (κ2) is 17.5. The Morgan fingerprint density at radius 3 is 2.42 bits per heavy atom. The number of rotatable bonds is 9. The van der Waals surface area contributed by atoms with E-state index in [-0.39, 0.29) is 19.0 Å². The van der Waals surface area contributed by atoms with Crippen LogP contribution in [0.5, 0.6) is 5.75 Å². The number of ether oxygens (including phenoxy) is 2. The van der Waals surface area contributed by atoms with E-state index in [9.17, 15) is 0 Å². The molecule has 1 aromatic heterocycles. The molecule has 2 aliphatic rings. The molecule has 0 radical (unpaired) electrons. The molecule has 4 rings (SSSR count). The van der Waals surface area contributed by atoms with Crippen LogP contribution in [0.15, 0.2) is 36.7 Å². The van der Waals surface area contributed by atoms with E-state index in [4.69, 9.17) is 29.3 Å². The lowest BCUT2D eigenvalue weighted by Crippen LogP contribution is -2.41. The van der Waals surface area contributed by atoms with Crippen LogP contribution in [0.1, 0.15) is 32.1 Å². The predicted octanol–water partition coefficient (Wildman–Crippen LogP) is 2.93. The molecule has 2 saturated heterocycles. The Labute approximate surface area is 213 Å². The Balaban J connectivity index is 0.000000693. The molecule has 0 aliphatic carbocycles. The number of carbonyl (C=O) groups is 2. The van der Waals surface area contributed by atoms with E-state index in [0.717, 1.165) is 56.4 Å². The topological polar surface area (TPSA) is 117 Å². The van der Waals surface area contributed by atoms with E-state index in [1.807, 2.05) is 12.4 Å². The fourth-order valence-corrected chi connectivity index (χ4v) is 4.42. The van der Waals surface area contributed by atoms with Gasteiger partial charge in [-0.05, 0) is 76.6 Å². The smallest absolute Gasteiger partial charge is 0.290 e. The Morgan fingerprint density at radius 2 is 1.75 bits per heavy atom. The number of hydrogen-bond acceptors (Lipinski definition) is 7. The summed E-state index contributed by atoms with van der Waals surface area (Å²) in [7, 11) is 2.15. The number of unbranched alkanes of at least 4 members (excludes halogenated alkanes) is 1. The molecule has 2 aliphatic heterocycles. The Bertz CT molecular complexity index is 848. The first-order valence-electron chi connectivity index (χ1n) is 12.5. The number of hydrogen-bond donors (Lipinski definition) is 2. The van der Waals surface area contributed by atoms with Crippen LogP contribution in [-0.4, -0.2) is 102 Å². The molecule has 0 bridgehead atoms. The minimum atomic E-state index is -0.250. The van der Waals surface area contributed by atoms with Crippen molar-refractivity contribution in [1.82, 2.24) is 19.4 Å². The van der Waals surface area contributed by atoms with E-state index in [1.165, 1.54) is 45.3 Å². The lowest BCUT2D eigenvalue weighted by molar-refractivity contribution is -0.123. The number of nitrogens with zero attached hydrogens (tertiary/aromatic N) is 4. The van der Waals surface area contributed by atoms with Gasteiger partial charge in [-0.1, -0.05) is 6.42 Å². The van der Waals surface area contributed by atoms with Gasteiger partial charge in [-0.2, -0.15) is 0 Å². The van der Waals surface area contributed by atoms with Crippen LogP contribution < -0.4 is 4.74 Å². The van der Waals surface area contributed by atoms with Crippen molar-refractivity contribution >= 4 is 12.9 Å². The van der Waals surface area contributed by atoms with Gasteiger partial charge in [0.2, 0.25) is 0 Å². The maximum Gasteiger partial charge on any atom is 0.290 e. The van der Waals surface area contributed by atoms with Gasteiger partial charge < -0.3 is 34.1 Å². The minimum Gasteiger partial charge on any atom is -0.494 e. The first kappa shape index (κ1) is 29.3. The molecule has 2 aromatic rings. The van der Waals surface area contributed by atoms with Gasteiger partial charge in [0, 0.05) is 31.0 Å². The van der Waals surface area contributed by atoms with Gasteiger partial charge in [0.15, 0.2) is 0 Å². The van der Waals surface area contributed by atoms with Crippen LogP contribution in [0.3, 0.4) is 0 Å². The standard InChI is InChI=1S/C24H36N4O2.2CH2O2/c1-26-16-18-30-23(19-26)20-28-15-11-25-24(28)21-7-9-22(10-8-21)29-17-6-5-14-27-12-3-2-4-13-27;2*2-1-3/h7-11,15,23H,2-6,12-14,16-20H2,1H3;2*1H,(H,2,3). The molecular weight excluding hydrogens is 464 g/mol. The molecule has 1 unspecified atom stereocenters. The molecule has 0 spiro atoms. The van der Waals surface area contributed by atoms with Gasteiger partial charge in [0.25, 0.3) is 12.9 Å². The van der Waals surface area contributed by atoms with Crippen LogP contribution in [0.25, 0.3) is 11.4 Å². The second-order valence-electron chi connectivity index (χ2n) is 8.85. The van der Waals surface area contributed by atoms with Crippen molar-refractivity contribution in [2.75, 3.05) is 53.0 Å². The van der Waals surface area contributed by atoms with E-state index >= 15 is 0 Å². The zero-order valence-electron chi connectivity index (χ0n) is 21.2. The first-order chi connectivity index (χ1) is 17.6. The van der Waals surface area contributed by atoms with Gasteiger partial charge in [-0.25, -0.2) is 4.98 Å². The zero-order chi connectivity index (χ0) is 26.0. The quantitative estimate of drug-likeness (QED) is 0.393. The second-order valence-corrected chi connectivity index (χ2v) is 8.85. The molecule has 10 heteroatoms. The van der Waals surface area contributed by atoms with Crippen molar-refractivity contribution in [3.05, 3.63) is 36.7 Å². The summed E-state index contributed by atoms with van der Waals surface area (Å²) in [6.45, 7) is 7.66. The molecule has 1 atom stereocenters. The molecular formula is C26H40N4O6. The molecule has 1 aromatic carbocycles. The summed E-state index contributed by atoms with van der Waals surface area (Å²) in [4.78, 5) is 26.2.